The van der Waals surface area contributed by atoms with Crippen molar-refractivity contribution in [2.24, 2.45) is 0 Å². The van der Waals surface area contributed by atoms with Gasteiger partial charge in [0.15, 0.2) is 11.6 Å². The quantitative estimate of drug-likeness (QED) is 0.823. The molecular weight excluding hydrogens is 320 g/mol. The first-order chi connectivity index (χ1) is 12.1. The molecule has 1 atom stereocenters. The van der Waals surface area contributed by atoms with Crippen LogP contribution >= 0.6 is 0 Å². The molecule has 3 rings (SSSR count). The van der Waals surface area contributed by atoms with Crippen molar-refractivity contribution in [3.8, 4) is 0 Å². The summed E-state index contributed by atoms with van der Waals surface area (Å²) in [4.78, 5) is 14.2. The van der Waals surface area contributed by atoms with Gasteiger partial charge in [-0.1, -0.05) is 5.16 Å². The number of anilines is 2. The molecule has 25 heavy (non-hydrogen) atoms. The first-order valence-corrected chi connectivity index (χ1v) is 8.62. The van der Waals surface area contributed by atoms with E-state index in [2.05, 4.69) is 30.9 Å². The fourth-order valence-electron chi connectivity index (χ4n) is 2.93. The van der Waals surface area contributed by atoms with Crippen LogP contribution in [-0.4, -0.2) is 46.9 Å². The van der Waals surface area contributed by atoms with Crippen LogP contribution in [0, 0.1) is 13.8 Å². The standard InChI is InChI=1S/C17H24N6O2/c1-12-5-6-16(21-20-12)23-9-3-4-14(11-23)18-8-7-17(24)19-15-10-13(2)25-22-15/h5-6,10,14,18H,3-4,7-9,11H2,1-2H3,(H,19,22,24). The fourth-order valence-corrected chi connectivity index (χ4v) is 2.93. The lowest BCUT2D eigenvalue weighted by molar-refractivity contribution is -0.116. The summed E-state index contributed by atoms with van der Waals surface area (Å²) in [5.74, 6) is 1.98. The Kier molecular flexibility index (Phi) is 5.60. The van der Waals surface area contributed by atoms with Crippen molar-refractivity contribution in [1.29, 1.82) is 0 Å². The normalized spacial score (nSPS) is 17.5. The van der Waals surface area contributed by atoms with Crippen molar-refractivity contribution in [3.05, 3.63) is 29.7 Å². The minimum absolute atomic E-state index is 0.0714. The van der Waals surface area contributed by atoms with Crippen molar-refractivity contribution in [2.75, 3.05) is 29.9 Å². The second-order valence-corrected chi connectivity index (χ2v) is 6.39. The maximum atomic E-state index is 11.9. The molecule has 1 amide bonds. The van der Waals surface area contributed by atoms with Crippen LogP contribution in [0.3, 0.4) is 0 Å². The van der Waals surface area contributed by atoms with E-state index in [0.29, 0.717) is 30.6 Å². The number of rotatable bonds is 6. The van der Waals surface area contributed by atoms with E-state index in [1.165, 1.54) is 0 Å². The molecular formula is C17H24N6O2. The highest BCUT2D eigenvalue weighted by molar-refractivity contribution is 5.89. The summed E-state index contributed by atoms with van der Waals surface area (Å²) in [6, 6.07) is 6.04. The van der Waals surface area contributed by atoms with Gasteiger partial charge in [-0.25, -0.2) is 0 Å². The van der Waals surface area contributed by atoms with Gasteiger partial charge in [-0.05, 0) is 38.8 Å². The van der Waals surface area contributed by atoms with Gasteiger partial charge in [-0.15, -0.1) is 5.10 Å². The average molecular weight is 344 g/mol. The molecule has 2 N–H and O–H groups in total. The molecule has 0 spiro atoms. The number of hydrogen-bond acceptors (Lipinski definition) is 7. The van der Waals surface area contributed by atoms with Gasteiger partial charge in [0.05, 0.1) is 5.69 Å². The lowest BCUT2D eigenvalue weighted by Crippen LogP contribution is -2.46. The SMILES string of the molecule is Cc1ccc(N2CCCC(NCCC(=O)Nc3cc(C)on3)C2)nn1. The number of carbonyl (C=O) groups excluding carboxylic acids is 1. The maximum Gasteiger partial charge on any atom is 0.226 e. The highest BCUT2D eigenvalue weighted by Crippen LogP contribution is 2.17. The van der Waals surface area contributed by atoms with Crippen molar-refractivity contribution in [1.82, 2.24) is 20.7 Å². The number of aromatic nitrogens is 3. The van der Waals surface area contributed by atoms with Gasteiger partial charge in [-0.3, -0.25) is 4.79 Å². The summed E-state index contributed by atoms with van der Waals surface area (Å²) < 4.78 is 4.93. The van der Waals surface area contributed by atoms with E-state index in [9.17, 15) is 4.79 Å². The van der Waals surface area contributed by atoms with Gasteiger partial charge in [0, 0.05) is 38.2 Å². The van der Waals surface area contributed by atoms with E-state index >= 15 is 0 Å². The molecule has 2 aromatic heterocycles. The van der Waals surface area contributed by atoms with Crippen molar-refractivity contribution >= 4 is 17.5 Å². The third kappa shape index (κ3) is 4.99. The smallest absolute Gasteiger partial charge is 0.226 e. The molecule has 0 aromatic carbocycles. The Morgan fingerprint density at radius 2 is 2.24 bits per heavy atom. The Morgan fingerprint density at radius 1 is 1.36 bits per heavy atom. The van der Waals surface area contributed by atoms with Gasteiger partial charge in [0.2, 0.25) is 5.91 Å². The third-order valence-corrected chi connectivity index (χ3v) is 4.21. The van der Waals surface area contributed by atoms with Crippen molar-refractivity contribution < 1.29 is 9.32 Å². The number of piperidine rings is 1. The van der Waals surface area contributed by atoms with Gasteiger partial charge < -0.3 is 20.1 Å². The Labute approximate surface area is 147 Å². The molecule has 8 nitrogen and oxygen atoms in total. The first kappa shape index (κ1) is 17.3. The zero-order valence-corrected chi connectivity index (χ0v) is 14.7. The van der Waals surface area contributed by atoms with E-state index < -0.39 is 0 Å². The van der Waals surface area contributed by atoms with Gasteiger partial charge in [0.1, 0.15) is 5.76 Å². The van der Waals surface area contributed by atoms with E-state index in [4.69, 9.17) is 4.52 Å². The molecule has 3 heterocycles. The molecule has 1 unspecified atom stereocenters. The maximum absolute atomic E-state index is 11.9. The van der Waals surface area contributed by atoms with Crippen LogP contribution in [0.4, 0.5) is 11.6 Å². The predicted molar refractivity (Wildman–Crippen MR) is 94.5 cm³/mol. The second-order valence-electron chi connectivity index (χ2n) is 6.39. The number of aryl methyl sites for hydroxylation is 2. The Hall–Kier alpha value is -2.48. The molecule has 8 heteroatoms. The van der Waals surface area contributed by atoms with E-state index in [1.54, 1.807) is 13.0 Å². The molecule has 1 aliphatic heterocycles. The summed E-state index contributed by atoms with van der Waals surface area (Å²) in [7, 11) is 0. The zero-order chi connectivity index (χ0) is 17.6. The van der Waals surface area contributed by atoms with E-state index in [0.717, 1.165) is 37.4 Å². The summed E-state index contributed by atoms with van der Waals surface area (Å²) in [6.07, 6.45) is 2.59. The predicted octanol–water partition coefficient (Wildman–Crippen LogP) is 1.67. The van der Waals surface area contributed by atoms with Crippen LogP contribution in [0.25, 0.3) is 0 Å². The van der Waals surface area contributed by atoms with Crippen LogP contribution in [0.1, 0.15) is 30.7 Å². The lowest BCUT2D eigenvalue weighted by atomic mass is 10.1. The number of nitrogens with zero attached hydrogens (tertiary/aromatic N) is 4. The van der Waals surface area contributed by atoms with Crippen molar-refractivity contribution in [2.45, 2.75) is 39.2 Å². The largest absolute Gasteiger partial charge is 0.360 e. The Bertz CT molecular complexity index is 699. The average Bonchev–Trinajstić information content (AvgIpc) is 3.00. The molecule has 134 valence electrons. The number of carbonyl (C=O) groups is 1. The molecule has 0 saturated carbocycles. The number of nitrogens with one attached hydrogen (secondary N) is 2. The summed E-state index contributed by atoms with van der Waals surface area (Å²) >= 11 is 0. The second kappa shape index (κ2) is 8.06. The Balaban J connectivity index is 1.42. The van der Waals surface area contributed by atoms with E-state index in [1.807, 2.05) is 19.1 Å². The van der Waals surface area contributed by atoms with Crippen LogP contribution in [0.2, 0.25) is 0 Å². The fraction of sp³-hybridized carbons (Fsp3) is 0.529. The minimum atomic E-state index is -0.0714. The zero-order valence-electron chi connectivity index (χ0n) is 14.7. The first-order valence-electron chi connectivity index (χ1n) is 8.62. The monoisotopic (exact) mass is 344 g/mol. The van der Waals surface area contributed by atoms with Crippen LogP contribution in [0.15, 0.2) is 22.7 Å². The third-order valence-electron chi connectivity index (χ3n) is 4.21. The summed E-state index contributed by atoms with van der Waals surface area (Å²) in [6.45, 7) is 6.21. The van der Waals surface area contributed by atoms with Gasteiger partial charge in [0.25, 0.3) is 0 Å². The highest BCUT2D eigenvalue weighted by Gasteiger charge is 2.21. The van der Waals surface area contributed by atoms with Crippen molar-refractivity contribution in [3.63, 3.8) is 0 Å². The molecule has 0 aliphatic carbocycles. The van der Waals surface area contributed by atoms with Crippen LogP contribution in [-0.2, 0) is 4.79 Å². The number of hydrogen-bond donors (Lipinski definition) is 2. The molecule has 0 bridgehead atoms. The topological polar surface area (TPSA) is 96.2 Å². The molecule has 2 aromatic rings. The van der Waals surface area contributed by atoms with Crippen LogP contribution in [0.5, 0.6) is 0 Å². The van der Waals surface area contributed by atoms with E-state index in [-0.39, 0.29) is 5.91 Å². The summed E-state index contributed by atoms with van der Waals surface area (Å²) in [5, 5.41) is 18.3. The van der Waals surface area contributed by atoms with Gasteiger partial charge >= 0.3 is 0 Å². The molecule has 1 saturated heterocycles. The minimum Gasteiger partial charge on any atom is -0.360 e. The Morgan fingerprint density at radius 3 is 2.96 bits per heavy atom. The number of amides is 1. The van der Waals surface area contributed by atoms with Crippen LogP contribution < -0.4 is 15.5 Å². The highest BCUT2D eigenvalue weighted by atomic mass is 16.5. The molecule has 1 aliphatic rings. The lowest BCUT2D eigenvalue weighted by Gasteiger charge is -2.33. The van der Waals surface area contributed by atoms with Gasteiger partial charge in [-0.2, -0.15) is 5.10 Å². The molecule has 1 fully saturated rings. The summed E-state index contributed by atoms with van der Waals surface area (Å²) in [5.41, 5.74) is 0.920. The molecule has 0 radical (unpaired) electrons.